The minimum atomic E-state index is -4.85. The van der Waals surface area contributed by atoms with Gasteiger partial charge in [-0.15, -0.1) is 13.2 Å². The number of rotatable bonds is 4. The number of ether oxygens (including phenoxy) is 3. The van der Waals surface area contributed by atoms with Gasteiger partial charge in [-0.05, 0) is 6.92 Å². The van der Waals surface area contributed by atoms with Crippen LogP contribution in [0.5, 0.6) is 11.6 Å². The van der Waals surface area contributed by atoms with Crippen molar-refractivity contribution in [1.82, 2.24) is 4.98 Å². The number of hydrogen-bond donors (Lipinski definition) is 0. The van der Waals surface area contributed by atoms with E-state index in [0.29, 0.717) is 0 Å². The van der Waals surface area contributed by atoms with Gasteiger partial charge in [0.1, 0.15) is 5.75 Å². The number of halogens is 3. The van der Waals surface area contributed by atoms with Crippen LogP contribution in [-0.2, 0) is 16.0 Å². The lowest BCUT2D eigenvalue weighted by Gasteiger charge is -2.14. The lowest BCUT2D eigenvalue weighted by Crippen LogP contribution is -2.19. The summed E-state index contributed by atoms with van der Waals surface area (Å²) in [6.45, 7) is 1.45. The van der Waals surface area contributed by atoms with Gasteiger partial charge in [-0.25, -0.2) is 4.98 Å². The molecule has 0 fully saturated rings. The Balaban J connectivity index is 3.14. The van der Waals surface area contributed by atoms with E-state index in [1.165, 1.54) is 21.1 Å². The third-order valence-corrected chi connectivity index (χ3v) is 2.18. The van der Waals surface area contributed by atoms with Crippen molar-refractivity contribution >= 4 is 5.97 Å². The van der Waals surface area contributed by atoms with Crippen molar-refractivity contribution in [3.63, 3.8) is 0 Å². The lowest BCUT2D eigenvalue weighted by atomic mass is 10.1. The molecule has 1 aromatic heterocycles. The Labute approximate surface area is 107 Å². The van der Waals surface area contributed by atoms with E-state index in [0.717, 1.165) is 6.07 Å². The second kappa shape index (κ2) is 5.77. The molecule has 0 N–H and O–H groups in total. The molecule has 19 heavy (non-hydrogen) atoms. The Bertz CT molecular complexity index is 474. The fourth-order valence-electron chi connectivity index (χ4n) is 1.50. The van der Waals surface area contributed by atoms with Gasteiger partial charge in [0, 0.05) is 11.6 Å². The molecule has 0 bridgehead atoms. The van der Waals surface area contributed by atoms with Crippen LogP contribution in [0.4, 0.5) is 13.2 Å². The number of nitrogens with zero attached hydrogens (tertiary/aromatic N) is 1. The number of aryl methyl sites for hydroxylation is 1. The van der Waals surface area contributed by atoms with Crippen molar-refractivity contribution in [3.05, 3.63) is 17.3 Å². The zero-order chi connectivity index (χ0) is 14.6. The van der Waals surface area contributed by atoms with Crippen molar-refractivity contribution in [2.45, 2.75) is 19.7 Å². The van der Waals surface area contributed by atoms with Crippen LogP contribution in [0, 0.1) is 6.92 Å². The van der Waals surface area contributed by atoms with Crippen LogP contribution in [-0.4, -0.2) is 31.5 Å². The Morgan fingerprint density at radius 2 is 2.00 bits per heavy atom. The second-order valence-corrected chi connectivity index (χ2v) is 3.54. The first-order valence-corrected chi connectivity index (χ1v) is 5.14. The standard InChI is InChI=1S/C11H12F3NO4/c1-6-10(18-3)7(5-9(16)17-2)4-8(15-6)19-11(12,13)14/h4H,5H2,1-3H3. The lowest BCUT2D eigenvalue weighted by molar-refractivity contribution is -0.276. The third kappa shape index (κ3) is 4.31. The fourth-order valence-corrected chi connectivity index (χ4v) is 1.50. The third-order valence-electron chi connectivity index (χ3n) is 2.18. The zero-order valence-electron chi connectivity index (χ0n) is 10.5. The van der Waals surface area contributed by atoms with E-state index in [2.05, 4.69) is 14.5 Å². The normalized spacial score (nSPS) is 11.1. The number of alkyl halides is 3. The van der Waals surface area contributed by atoms with Crippen LogP contribution in [0.1, 0.15) is 11.3 Å². The number of pyridine rings is 1. The van der Waals surface area contributed by atoms with Crippen LogP contribution < -0.4 is 9.47 Å². The molecular weight excluding hydrogens is 267 g/mol. The monoisotopic (exact) mass is 279 g/mol. The molecule has 5 nitrogen and oxygen atoms in total. The van der Waals surface area contributed by atoms with Gasteiger partial charge in [0.05, 0.1) is 26.3 Å². The minimum absolute atomic E-state index is 0.183. The number of carbonyl (C=O) groups is 1. The molecule has 0 unspecified atom stereocenters. The van der Waals surface area contributed by atoms with Crippen LogP contribution in [0.2, 0.25) is 0 Å². The van der Waals surface area contributed by atoms with Gasteiger partial charge in [0.15, 0.2) is 0 Å². The first kappa shape index (κ1) is 15.1. The Kier molecular flexibility index (Phi) is 4.57. The average molecular weight is 279 g/mol. The number of aromatic nitrogens is 1. The van der Waals surface area contributed by atoms with E-state index in [4.69, 9.17) is 4.74 Å². The molecule has 0 aromatic carbocycles. The number of esters is 1. The van der Waals surface area contributed by atoms with E-state index in [9.17, 15) is 18.0 Å². The molecule has 8 heteroatoms. The zero-order valence-corrected chi connectivity index (χ0v) is 10.5. The van der Waals surface area contributed by atoms with Gasteiger partial charge in [0.25, 0.3) is 0 Å². The SMILES string of the molecule is COC(=O)Cc1cc(OC(F)(F)F)nc(C)c1OC. The molecule has 0 aliphatic carbocycles. The Morgan fingerprint density at radius 1 is 1.37 bits per heavy atom. The molecule has 1 aromatic rings. The van der Waals surface area contributed by atoms with Crippen molar-refractivity contribution in [2.24, 2.45) is 0 Å². The van der Waals surface area contributed by atoms with E-state index in [1.807, 2.05) is 0 Å². The molecule has 1 rings (SSSR count). The number of carbonyl (C=O) groups excluding carboxylic acids is 1. The fraction of sp³-hybridized carbons (Fsp3) is 0.455. The quantitative estimate of drug-likeness (QED) is 0.789. The molecule has 0 atom stereocenters. The highest BCUT2D eigenvalue weighted by Gasteiger charge is 2.32. The summed E-state index contributed by atoms with van der Waals surface area (Å²) in [5, 5.41) is 0. The van der Waals surface area contributed by atoms with Crippen LogP contribution in [0.15, 0.2) is 6.07 Å². The molecule has 1 heterocycles. The molecule has 0 spiro atoms. The van der Waals surface area contributed by atoms with Gasteiger partial charge in [0.2, 0.25) is 5.88 Å². The number of methoxy groups -OCH3 is 2. The van der Waals surface area contributed by atoms with E-state index in [1.54, 1.807) is 0 Å². The molecule has 0 radical (unpaired) electrons. The van der Waals surface area contributed by atoms with Crippen molar-refractivity contribution in [1.29, 1.82) is 0 Å². The highest BCUT2D eigenvalue weighted by molar-refractivity contribution is 5.73. The predicted molar refractivity (Wildman–Crippen MR) is 57.9 cm³/mol. The van der Waals surface area contributed by atoms with Crippen molar-refractivity contribution in [3.8, 4) is 11.6 Å². The maximum absolute atomic E-state index is 12.1. The summed E-state index contributed by atoms with van der Waals surface area (Å²) in [4.78, 5) is 14.8. The van der Waals surface area contributed by atoms with Crippen LogP contribution in [0.3, 0.4) is 0 Å². The van der Waals surface area contributed by atoms with E-state index >= 15 is 0 Å². The first-order chi connectivity index (χ1) is 8.76. The van der Waals surface area contributed by atoms with Gasteiger partial charge in [-0.2, -0.15) is 0 Å². The summed E-state index contributed by atoms with van der Waals surface area (Å²) < 4.78 is 49.6. The van der Waals surface area contributed by atoms with Gasteiger partial charge in [-0.1, -0.05) is 0 Å². The molecule has 106 valence electrons. The molecule has 0 aliphatic heterocycles. The highest BCUT2D eigenvalue weighted by atomic mass is 19.4. The average Bonchev–Trinajstić information content (AvgIpc) is 2.26. The first-order valence-electron chi connectivity index (χ1n) is 5.14. The maximum Gasteiger partial charge on any atom is 0.574 e. The topological polar surface area (TPSA) is 57.7 Å². The summed E-state index contributed by atoms with van der Waals surface area (Å²) in [7, 11) is 2.51. The smallest absolute Gasteiger partial charge is 0.495 e. The molecule has 0 saturated heterocycles. The largest absolute Gasteiger partial charge is 0.574 e. The van der Waals surface area contributed by atoms with Gasteiger partial charge in [-0.3, -0.25) is 4.79 Å². The summed E-state index contributed by atoms with van der Waals surface area (Å²) >= 11 is 0. The maximum atomic E-state index is 12.1. The highest BCUT2D eigenvalue weighted by Crippen LogP contribution is 2.29. The van der Waals surface area contributed by atoms with E-state index < -0.39 is 18.2 Å². The van der Waals surface area contributed by atoms with Gasteiger partial charge >= 0.3 is 12.3 Å². The van der Waals surface area contributed by atoms with Gasteiger partial charge < -0.3 is 14.2 Å². The second-order valence-electron chi connectivity index (χ2n) is 3.54. The molecule has 0 saturated carbocycles. The van der Waals surface area contributed by atoms with E-state index in [-0.39, 0.29) is 23.4 Å². The van der Waals surface area contributed by atoms with Crippen molar-refractivity contribution < 1.29 is 32.2 Å². The van der Waals surface area contributed by atoms with Crippen LogP contribution >= 0.6 is 0 Å². The molecule has 0 amide bonds. The molecule has 0 aliphatic rings. The predicted octanol–water partition coefficient (Wildman–Crippen LogP) is 2.01. The molecular formula is C11H12F3NO4. The number of hydrogen-bond acceptors (Lipinski definition) is 5. The van der Waals surface area contributed by atoms with Crippen LogP contribution in [0.25, 0.3) is 0 Å². The Hall–Kier alpha value is -1.99. The summed E-state index contributed by atoms with van der Waals surface area (Å²) in [5.74, 6) is -1.04. The summed E-state index contributed by atoms with van der Waals surface area (Å²) in [6.07, 6.45) is -5.09. The van der Waals surface area contributed by atoms with Crippen molar-refractivity contribution in [2.75, 3.05) is 14.2 Å². The Morgan fingerprint density at radius 3 is 2.47 bits per heavy atom. The summed E-state index contributed by atoms with van der Waals surface area (Å²) in [5.41, 5.74) is 0.393. The summed E-state index contributed by atoms with van der Waals surface area (Å²) in [6, 6.07) is 0.996. The minimum Gasteiger partial charge on any atom is -0.495 e.